The predicted octanol–water partition coefficient (Wildman–Crippen LogP) is 6.82. The average molecular weight is 453 g/mol. The fraction of sp³-hybridized carbons (Fsp3) is 0.481. The fourth-order valence-corrected chi connectivity index (χ4v) is 3.83. The molecule has 0 radical (unpaired) electrons. The normalized spacial score (nSPS) is 13.7. The lowest BCUT2D eigenvalue weighted by Crippen LogP contribution is -2.37. The first kappa shape index (κ1) is 24.8. The van der Waals surface area contributed by atoms with Crippen LogP contribution in [-0.2, 0) is 4.79 Å². The van der Waals surface area contributed by atoms with E-state index < -0.39 is 11.6 Å². The standard InChI is InChI=1S/C27H36N2O4/c1-5-6-7-8-9-13-23(25-29-22-12-10-11-14-24(22)32-25)28-19(2)20-15-17-21(18-16-20)33-27(3,4)26(30)31/h10-12,14-19,23,28H,5-9,13H2,1-4H3,(H,30,31). The van der Waals surface area contributed by atoms with E-state index >= 15 is 0 Å². The number of benzene rings is 2. The van der Waals surface area contributed by atoms with Gasteiger partial charge in [0.2, 0.25) is 5.89 Å². The summed E-state index contributed by atoms with van der Waals surface area (Å²) in [6, 6.07) is 15.5. The number of para-hydroxylation sites is 2. The maximum atomic E-state index is 11.3. The summed E-state index contributed by atoms with van der Waals surface area (Å²) < 4.78 is 11.7. The number of aromatic nitrogens is 1. The number of carboxylic acid groups (broad SMARTS) is 1. The van der Waals surface area contributed by atoms with Crippen molar-refractivity contribution in [3.8, 4) is 5.75 Å². The van der Waals surface area contributed by atoms with Crippen LogP contribution in [0.4, 0.5) is 0 Å². The van der Waals surface area contributed by atoms with E-state index in [1.54, 1.807) is 13.8 Å². The number of rotatable bonds is 13. The minimum Gasteiger partial charge on any atom is -0.478 e. The molecule has 0 saturated heterocycles. The van der Waals surface area contributed by atoms with Gasteiger partial charge in [-0.05, 0) is 57.0 Å². The van der Waals surface area contributed by atoms with Gasteiger partial charge in [-0.2, -0.15) is 0 Å². The molecule has 0 aliphatic rings. The number of oxazole rings is 1. The molecule has 3 aromatic rings. The van der Waals surface area contributed by atoms with Gasteiger partial charge >= 0.3 is 5.97 Å². The third-order valence-corrected chi connectivity index (χ3v) is 5.92. The van der Waals surface area contributed by atoms with Gasteiger partial charge in [0.1, 0.15) is 11.3 Å². The van der Waals surface area contributed by atoms with Crippen molar-refractivity contribution < 1.29 is 19.1 Å². The van der Waals surface area contributed by atoms with E-state index in [9.17, 15) is 9.90 Å². The molecule has 1 aromatic heterocycles. The molecular formula is C27H36N2O4. The second-order valence-corrected chi connectivity index (χ2v) is 9.15. The monoisotopic (exact) mass is 452 g/mol. The van der Waals surface area contributed by atoms with Crippen molar-refractivity contribution in [1.29, 1.82) is 0 Å². The molecule has 0 bridgehead atoms. The Bertz CT molecular complexity index is 993. The van der Waals surface area contributed by atoms with Gasteiger partial charge in [0.15, 0.2) is 11.2 Å². The highest BCUT2D eigenvalue weighted by Crippen LogP contribution is 2.28. The van der Waals surface area contributed by atoms with Crippen LogP contribution in [0.5, 0.6) is 5.75 Å². The largest absolute Gasteiger partial charge is 0.478 e. The van der Waals surface area contributed by atoms with Crippen LogP contribution >= 0.6 is 0 Å². The summed E-state index contributed by atoms with van der Waals surface area (Å²) in [7, 11) is 0. The number of unbranched alkanes of at least 4 members (excludes halogenated alkanes) is 4. The zero-order valence-corrected chi connectivity index (χ0v) is 20.1. The highest BCUT2D eigenvalue weighted by molar-refractivity contribution is 5.76. The van der Waals surface area contributed by atoms with Gasteiger partial charge in [0.05, 0.1) is 6.04 Å². The number of nitrogens with one attached hydrogen (secondary N) is 1. The number of carbonyl (C=O) groups is 1. The molecule has 6 nitrogen and oxygen atoms in total. The zero-order valence-electron chi connectivity index (χ0n) is 20.1. The Hall–Kier alpha value is -2.86. The summed E-state index contributed by atoms with van der Waals surface area (Å²) in [5.74, 6) is 0.258. The maximum Gasteiger partial charge on any atom is 0.347 e. The van der Waals surface area contributed by atoms with Crippen molar-refractivity contribution in [3.05, 3.63) is 60.0 Å². The van der Waals surface area contributed by atoms with E-state index in [2.05, 4.69) is 19.2 Å². The first-order chi connectivity index (χ1) is 15.8. The van der Waals surface area contributed by atoms with E-state index in [4.69, 9.17) is 14.1 Å². The van der Waals surface area contributed by atoms with Gasteiger partial charge < -0.3 is 14.3 Å². The molecule has 0 saturated carbocycles. The highest BCUT2D eigenvalue weighted by atomic mass is 16.5. The van der Waals surface area contributed by atoms with Crippen molar-refractivity contribution >= 4 is 17.1 Å². The summed E-state index contributed by atoms with van der Waals surface area (Å²) in [4.78, 5) is 16.1. The maximum absolute atomic E-state index is 11.3. The van der Waals surface area contributed by atoms with Gasteiger partial charge in [-0.25, -0.2) is 9.78 Å². The van der Waals surface area contributed by atoms with Crippen molar-refractivity contribution in [2.45, 2.75) is 83.9 Å². The number of fused-ring (bicyclic) bond motifs is 1. The lowest BCUT2D eigenvalue weighted by Gasteiger charge is -2.23. The Kier molecular flexibility index (Phi) is 8.50. The molecule has 0 amide bonds. The van der Waals surface area contributed by atoms with Crippen LogP contribution in [0.15, 0.2) is 52.9 Å². The number of hydrogen-bond donors (Lipinski definition) is 2. The average Bonchev–Trinajstić information content (AvgIpc) is 3.22. The topological polar surface area (TPSA) is 84.6 Å². The Morgan fingerprint density at radius 3 is 2.45 bits per heavy atom. The summed E-state index contributed by atoms with van der Waals surface area (Å²) in [6.45, 7) is 7.42. The highest BCUT2D eigenvalue weighted by Gasteiger charge is 2.29. The van der Waals surface area contributed by atoms with E-state index in [0.29, 0.717) is 5.75 Å². The molecule has 0 spiro atoms. The molecule has 3 rings (SSSR count). The SMILES string of the molecule is CCCCCCCC(NC(C)c1ccc(OC(C)(C)C(=O)O)cc1)c1nc2ccccc2o1. The summed E-state index contributed by atoms with van der Waals surface area (Å²) >= 11 is 0. The molecule has 2 unspecified atom stereocenters. The Balaban J connectivity index is 1.70. The Morgan fingerprint density at radius 1 is 1.09 bits per heavy atom. The fourth-order valence-electron chi connectivity index (χ4n) is 3.83. The third kappa shape index (κ3) is 6.81. The van der Waals surface area contributed by atoms with Crippen LogP contribution in [0, 0.1) is 0 Å². The molecule has 178 valence electrons. The first-order valence-corrected chi connectivity index (χ1v) is 11.9. The lowest BCUT2D eigenvalue weighted by molar-refractivity contribution is -0.152. The molecule has 0 aliphatic heterocycles. The molecule has 33 heavy (non-hydrogen) atoms. The Labute approximate surface area is 196 Å². The number of hydrogen-bond acceptors (Lipinski definition) is 5. The van der Waals surface area contributed by atoms with E-state index in [0.717, 1.165) is 35.4 Å². The van der Waals surface area contributed by atoms with Gasteiger partial charge in [0, 0.05) is 6.04 Å². The number of aliphatic carboxylic acids is 1. The predicted molar refractivity (Wildman–Crippen MR) is 130 cm³/mol. The minimum atomic E-state index is -1.28. The van der Waals surface area contributed by atoms with Gasteiger partial charge in [-0.3, -0.25) is 5.32 Å². The molecular weight excluding hydrogens is 416 g/mol. The van der Waals surface area contributed by atoms with Crippen molar-refractivity contribution in [1.82, 2.24) is 10.3 Å². The van der Waals surface area contributed by atoms with E-state index in [1.807, 2.05) is 48.5 Å². The summed E-state index contributed by atoms with van der Waals surface area (Å²) in [6.07, 6.45) is 7.01. The minimum absolute atomic E-state index is 0.0101. The molecule has 2 aromatic carbocycles. The van der Waals surface area contributed by atoms with Crippen LogP contribution in [-0.4, -0.2) is 21.7 Å². The number of ether oxygens (including phenoxy) is 1. The van der Waals surface area contributed by atoms with Crippen LogP contribution in [0.1, 0.15) is 89.8 Å². The second kappa shape index (κ2) is 11.3. The van der Waals surface area contributed by atoms with Gasteiger partial charge in [-0.1, -0.05) is 63.3 Å². The second-order valence-electron chi connectivity index (χ2n) is 9.15. The zero-order chi connectivity index (χ0) is 23.8. The van der Waals surface area contributed by atoms with Crippen molar-refractivity contribution in [2.24, 2.45) is 0 Å². The molecule has 0 aliphatic carbocycles. The van der Waals surface area contributed by atoms with Crippen molar-refractivity contribution in [3.63, 3.8) is 0 Å². The molecule has 1 heterocycles. The van der Waals surface area contributed by atoms with E-state index in [-0.39, 0.29) is 12.1 Å². The molecule has 0 fully saturated rings. The summed E-state index contributed by atoms with van der Waals surface area (Å²) in [5, 5.41) is 13.0. The van der Waals surface area contributed by atoms with Crippen LogP contribution in [0.2, 0.25) is 0 Å². The van der Waals surface area contributed by atoms with Gasteiger partial charge in [-0.15, -0.1) is 0 Å². The lowest BCUT2D eigenvalue weighted by atomic mass is 10.0. The smallest absolute Gasteiger partial charge is 0.347 e. The van der Waals surface area contributed by atoms with Crippen molar-refractivity contribution in [2.75, 3.05) is 0 Å². The van der Waals surface area contributed by atoms with Crippen LogP contribution < -0.4 is 10.1 Å². The number of nitrogens with zero attached hydrogens (tertiary/aromatic N) is 1. The van der Waals surface area contributed by atoms with E-state index in [1.165, 1.54) is 25.7 Å². The molecule has 2 atom stereocenters. The van der Waals surface area contributed by atoms with Crippen LogP contribution in [0.3, 0.4) is 0 Å². The summed E-state index contributed by atoms with van der Waals surface area (Å²) in [5.41, 5.74) is 1.49. The number of carboxylic acids is 1. The van der Waals surface area contributed by atoms with Crippen LogP contribution in [0.25, 0.3) is 11.1 Å². The quantitative estimate of drug-likeness (QED) is 0.277. The Morgan fingerprint density at radius 2 is 1.79 bits per heavy atom. The molecule has 6 heteroatoms. The first-order valence-electron chi connectivity index (χ1n) is 11.9. The third-order valence-electron chi connectivity index (χ3n) is 5.92. The van der Waals surface area contributed by atoms with Gasteiger partial charge in [0.25, 0.3) is 0 Å². The molecule has 2 N–H and O–H groups in total.